The molecule has 104 valence electrons. The van der Waals surface area contributed by atoms with Crippen molar-refractivity contribution in [3.05, 3.63) is 76.1 Å². The van der Waals surface area contributed by atoms with Crippen molar-refractivity contribution in [1.82, 2.24) is 0 Å². The summed E-state index contributed by atoms with van der Waals surface area (Å²) in [6.07, 6.45) is 3.66. The average Bonchev–Trinajstić information content (AvgIpc) is 2.53. The number of methoxy groups -OCH3 is 1. The minimum atomic E-state index is -0.358. The summed E-state index contributed by atoms with van der Waals surface area (Å²) in [6.45, 7) is 0. The molecule has 3 aromatic rings. The Morgan fingerprint density at radius 2 is 1.81 bits per heavy atom. The van der Waals surface area contributed by atoms with Gasteiger partial charge in [0.2, 0.25) is 0 Å². The molecule has 0 spiro atoms. The third kappa shape index (κ3) is 2.87. The van der Waals surface area contributed by atoms with Crippen molar-refractivity contribution in [2.75, 3.05) is 7.11 Å². The molecule has 1 heterocycles. The third-order valence-electron chi connectivity index (χ3n) is 3.23. The first-order valence-corrected chi connectivity index (χ1v) is 6.61. The lowest BCUT2D eigenvalue weighted by Gasteiger charge is -2.02. The maximum absolute atomic E-state index is 12.0. The van der Waals surface area contributed by atoms with Crippen LogP contribution in [0.15, 0.2) is 63.8 Å². The van der Waals surface area contributed by atoms with E-state index in [1.54, 1.807) is 19.3 Å². The van der Waals surface area contributed by atoms with Crippen LogP contribution in [0.4, 0.5) is 0 Å². The molecule has 0 radical (unpaired) electrons. The van der Waals surface area contributed by atoms with Crippen LogP contribution in [-0.2, 0) is 0 Å². The topological polar surface area (TPSA) is 39.4 Å². The van der Waals surface area contributed by atoms with Gasteiger partial charge in [0.1, 0.15) is 11.3 Å². The zero-order chi connectivity index (χ0) is 14.7. The summed E-state index contributed by atoms with van der Waals surface area (Å²) in [7, 11) is 1.58. The summed E-state index contributed by atoms with van der Waals surface area (Å²) in [4.78, 5) is 12.0. The highest BCUT2D eigenvalue weighted by atomic mass is 16.5. The highest BCUT2D eigenvalue weighted by Gasteiger charge is 2.04. The van der Waals surface area contributed by atoms with Gasteiger partial charge in [-0.15, -0.1) is 0 Å². The van der Waals surface area contributed by atoms with Gasteiger partial charge in [-0.2, -0.15) is 0 Å². The van der Waals surface area contributed by atoms with Crippen LogP contribution in [0.25, 0.3) is 23.1 Å². The predicted molar refractivity (Wildman–Crippen MR) is 84.4 cm³/mol. The number of ether oxygens (including phenoxy) is 1. The van der Waals surface area contributed by atoms with Crippen molar-refractivity contribution in [3.63, 3.8) is 0 Å². The average molecular weight is 278 g/mol. The Morgan fingerprint density at radius 1 is 1.00 bits per heavy atom. The molecule has 3 heteroatoms. The molecule has 0 unspecified atom stereocenters. The van der Waals surface area contributed by atoms with Crippen molar-refractivity contribution in [2.24, 2.45) is 0 Å². The van der Waals surface area contributed by atoms with E-state index >= 15 is 0 Å². The fraction of sp³-hybridized carbons (Fsp3) is 0.0556. The van der Waals surface area contributed by atoms with Crippen LogP contribution in [0.5, 0.6) is 5.75 Å². The van der Waals surface area contributed by atoms with Gasteiger partial charge < -0.3 is 9.15 Å². The maximum atomic E-state index is 12.0. The van der Waals surface area contributed by atoms with E-state index in [0.717, 1.165) is 10.9 Å². The van der Waals surface area contributed by atoms with E-state index in [1.165, 1.54) is 0 Å². The Kier molecular flexibility index (Phi) is 3.56. The second-order valence-corrected chi connectivity index (χ2v) is 4.64. The molecule has 0 aliphatic carbocycles. The van der Waals surface area contributed by atoms with Crippen LogP contribution in [-0.4, -0.2) is 7.11 Å². The molecule has 3 rings (SSSR count). The van der Waals surface area contributed by atoms with Gasteiger partial charge in [-0.05, 0) is 29.8 Å². The predicted octanol–water partition coefficient (Wildman–Crippen LogP) is 3.97. The van der Waals surface area contributed by atoms with Crippen LogP contribution in [0.3, 0.4) is 0 Å². The highest BCUT2D eigenvalue weighted by molar-refractivity contribution is 5.81. The van der Waals surface area contributed by atoms with Gasteiger partial charge in [-0.25, -0.2) is 4.79 Å². The first kappa shape index (κ1) is 13.2. The lowest BCUT2D eigenvalue weighted by molar-refractivity contribution is 0.414. The number of hydrogen-bond donors (Lipinski definition) is 0. The molecule has 21 heavy (non-hydrogen) atoms. The van der Waals surface area contributed by atoms with E-state index in [0.29, 0.717) is 16.9 Å². The van der Waals surface area contributed by atoms with Crippen molar-refractivity contribution in [1.29, 1.82) is 0 Å². The summed E-state index contributed by atoms with van der Waals surface area (Å²) < 4.78 is 10.5. The fourth-order valence-corrected chi connectivity index (χ4v) is 2.10. The first-order chi connectivity index (χ1) is 10.3. The van der Waals surface area contributed by atoms with E-state index in [9.17, 15) is 4.79 Å². The Labute approximate surface area is 122 Å². The second-order valence-electron chi connectivity index (χ2n) is 4.64. The number of benzene rings is 2. The van der Waals surface area contributed by atoms with Crippen molar-refractivity contribution in [2.45, 2.75) is 0 Å². The minimum absolute atomic E-state index is 0.358. The molecular formula is C18H14O3. The molecule has 0 bridgehead atoms. The molecule has 0 aliphatic rings. The van der Waals surface area contributed by atoms with E-state index in [4.69, 9.17) is 9.15 Å². The summed E-state index contributed by atoms with van der Waals surface area (Å²) >= 11 is 0. The molecule has 0 fully saturated rings. The molecule has 0 N–H and O–H groups in total. The van der Waals surface area contributed by atoms with Crippen molar-refractivity contribution < 1.29 is 9.15 Å². The van der Waals surface area contributed by atoms with Gasteiger partial charge in [0.15, 0.2) is 0 Å². The van der Waals surface area contributed by atoms with E-state index in [2.05, 4.69) is 0 Å². The lowest BCUT2D eigenvalue weighted by Crippen LogP contribution is -2.02. The Morgan fingerprint density at radius 3 is 2.57 bits per heavy atom. The van der Waals surface area contributed by atoms with Crippen LogP contribution in [0.2, 0.25) is 0 Å². The molecule has 0 aliphatic heterocycles. The van der Waals surface area contributed by atoms with Crippen LogP contribution in [0, 0.1) is 0 Å². The first-order valence-electron chi connectivity index (χ1n) is 6.61. The third-order valence-corrected chi connectivity index (χ3v) is 3.23. The van der Waals surface area contributed by atoms with E-state index in [1.807, 2.05) is 54.6 Å². The van der Waals surface area contributed by atoms with Gasteiger partial charge in [-0.3, -0.25) is 0 Å². The van der Waals surface area contributed by atoms with Gasteiger partial charge in [0.05, 0.1) is 12.7 Å². The summed E-state index contributed by atoms with van der Waals surface area (Å²) in [5.74, 6) is 0.665. The Hall–Kier alpha value is -2.81. The molecule has 0 atom stereocenters. The van der Waals surface area contributed by atoms with Crippen LogP contribution >= 0.6 is 0 Å². The number of rotatable bonds is 3. The molecule has 1 aromatic heterocycles. The SMILES string of the molecule is COc1ccc2cc(/C=C/c3ccccc3)c(=O)oc2c1. The molecule has 0 saturated heterocycles. The molecule has 0 saturated carbocycles. The monoisotopic (exact) mass is 278 g/mol. The molecule has 2 aromatic carbocycles. The van der Waals surface area contributed by atoms with Crippen molar-refractivity contribution in [3.8, 4) is 5.75 Å². The Bertz CT molecular complexity index is 845. The van der Waals surface area contributed by atoms with Crippen LogP contribution in [0.1, 0.15) is 11.1 Å². The lowest BCUT2D eigenvalue weighted by atomic mass is 10.1. The van der Waals surface area contributed by atoms with Gasteiger partial charge in [0.25, 0.3) is 0 Å². The van der Waals surface area contributed by atoms with Gasteiger partial charge in [0, 0.05) is 11.5 Å². The second kappa shape index (κ2) is 5.67. The Balaban J connectivity index is 2.02. The molecule has 0 amide bonds. The largest absolute Gasteiger partial charge is 0.497 e. The zero-order valence-electron chi connectivity index (χ0n) is 11.6. The minimum Gasteiger partial charge on any atom is -0.497 e. The fourth-order valence-electron chi connectivity index (χ4n) is 2.10. The van der Waals surface area contributed by atoms with Crippen LogP contribution < -0.4 is 10.4 Å². The van der Waals surface area contributed by atoms with E-state index in [-0.39, 0.29) is 5.63 Å². The summed E-state index contributed by atoms with van der Waals surface area (Å²) in [5.41, 5.74) is 1.72. The smallest absolute Gasteiger partial charge is 0.343 e. The van der Waals surface area contributed by atoms with Gasteiger partial charge in [-0.1, -0.05) is 36.4 Å². The summed E-state index contributed by atoms with van der Waals surface area (Å²) in [5, 5.41) is 0.864. The summed E-state index contributed by atoms with van der Waals surface area (Å²) in [6, 6.07) is 17.1. The quantitative estimate of drug-likeness (QED) is 0.680. The molecular weight excluding hydrogens is 264 g/mol. The van der Waals surface area contributed by atoms with Gasteiger partial charge >= 0.3 is 5.63 Å². The number of fused-ring (bicyclic) bond motifs is 1. The van der Waals surface area contributed by atoms with E-state index < -0.39 is 0 Å². The highest BCUT2D eigenvalue weighted by Crippen LogP contribution is 2.20. The maximum Gasteiger partial charge on any atom is 0.343 e. The standard InChI is InChI=1S/C18H14O3/c1-20-16-10-9-14-11-15(18(19)21-17(14)12-16)8-7-13-5-3-2-4-6-13/h2-12H,1H3/b8-7+. The normalized spacial score (nSPS) is 11.1. The number of hydrogen-bond acceptors (Lipinski definition) is 3. The van der Waals surface area contributed by atoms with Crippen molar-refractivity contribution >= 4 is 23.1 Å². The molecule has 3 nitrogen and oxygen atoms in total. The zero-order valence-corrected chi connectivity index (χ0v) is 11.6.